The first-order chi connectivity index (χ1) is 8.48. The van der Waals surface area contributed by atoms with E-state index >= 15 is 0 Å². The normalized spacial score (nSPS) is 11.3. The number of rotatable bonds is 6. The lowest BCUT2D eigenvalue weighted by molar-refractivity contribution is -0.0462. The zero-order chi connectivity index (χ0) is 13.6. The molecule has 1 rings (SSSR count). The Balaban J connectivity index is 2.56. The number of benzene rings is 1. The first-order valence-corrected chi connectivity index (χ1v) is 5.33. The van der Waals surface area contributed by atoms with E-state index in [4.69, 9.17) is 9.84 Å². The van der Waals surface area contributed by atoms with E-state index in [2.05, 4.69) is 5.32 Å². The number of amides is 1. The molecule has 0 heterocycles. The molecule has 1 aromatic rings. The maximum absolute atomic E-state index is 12.7. The zero-order valence-electron chi connectivity index (χ0n) is 9.95. The third-order valence-corrected chi connectivity index (χ3v) is 2.27. The van der Waals surface area contributed by atoms with Crippen LogP contribution >= 0.6 is 0 Å². The zero-order valence-corrected chi connectivity index (χ0v) is 9.95. The molecule has 0 aromatic heterocycles. The summed E-state index contributed by atoms with van der Waals surface area (Å²) in [6.45, 7) is -1.76. The highest BCUT2D eigenvalue weighted by Crippen LogP contribution is 2.11. The van der Waals surface area contributed by atoms with Crippen molar-refractivity contribution < 1.29 is 23.4 Å². The van der Waals surface area contributed by atoms with Crippen LogP contribution in [0.15, 0.2) is 24.3 Å². The highest BCUT2D eigenvalue weighted by molar-refractivity contribution is 5.94. The minimum Gasteiger partial charge on any atom is -0.390 e. The van der Waals surface area contributed by atoms with Crippen molar-refractivity contribution in [2.24, 2.45) is 0 Å². The molecule has 0 spiro atoms. The van der Waals surface area contributed by atoms with Crippen molar-refractivity contribution in [3.05, 3.63) is 35.4 Å². The van der Waals surface area contributed by atoms with Crippen LogP contribution in [0.1, 0.15) is 15.9 Å². The van der Waals surface area contributed by atoms with Crippen LogP contribution in [0.5, 0.6) is 0 Å². The molecule has 18 heavy (non-hydrogen) atoms. The number of nitrogens with one attached hydrogen (secondary N) is 1. The number of aliphatic hydroxyl groups is 1. The van der Waals surface area contributed by atoms with E-state index in [1.54, 1.807) is 19.2 Å². The van der Waals surface area contributed by atoms with Gasteiger partial charge in [-0.2, -0.15) is 0 Å². The van der Waals surface area contributed by atoms with Gasteiger partial charge in [0.15, 0.2) is 0 Å². The summed E-state index contributed by atoms with van der Waals surface area (Å²) < 4.78 is 30.3. The summed E-state index contributed by atoms with van der Waals surface area (Å²) in [6, 6.07) is 6.42. The fraction of sp³-hybridized carbons (Fsp3) is 0.417. The molecule has 0 saturated heterocycles. The van der Waals surface area contributed by atoms with E-state index < -0.39 is 25.0 Å². The molecule has 0 aliphatic carbocycles. The molecule has 0 saturated carbocycles. The third kappa shape index (κ3) is 4.38. The Labute approximate surface area is 104 Å². The highest BCUT2D eigenvalue weighted by Gasteiger charge is 2.28. The molecule has 0 radical (unpaired) electrons. The lowest BCUT2D eigenvalue weighted by Crippen LogP contribution is -2.38. The number of ether oxygens (including phenoxy) is 1. The molecule has 0 unspecified atom stereocenters. The van der Waals surface area contributed by atoms with Gasteiger partial charge in [0.05, 0.1) is 13.2 Å². The lowest BCUT2D eigenvalue weighted by Gasteiger charge is -2.13. The smallest absolute Gasteiger partial charge is 0.287 e. The number of halogens is 2. The van der Waals surface area contributed by atoms with Crippen LogP contribution in [0, 0.1) is 0 Å². The van der Waals surface area contributed by atoms with Gasteiger partial charge >= 0.3 is 0 Å². The van der Waals surface area contributed by atoms with Gasteiger partial charge in [-0.05, 0) is 17.7 Å². The van der Waals surface area contributed by atoms with Gasteiger partial charge in [0.25, 0.3) is 11.8 Å². The number of hydrogen-bond acceptors (Lipinski definition) is 3. The number of hydrogen-bond donors (Lipinski definition) is 2. The SMILES string of the molecule is COCc1ccc(C(=O)NCC(F)(F)CO)cc1. The first kappa shape index (κ1) is 14.5. The maximum Gasteiger partial charge on any atom is 0.287 e. The fourth-order valence-corrected chi connectivity index (χ4v) is 1.29. The summed E-state index contributed by atoms with van der Waals surface area (Å²) in [5.74, 6) is -3.90. The molecule has 0 bridgehead atoms. The second kappa shape index (κ2) is 6.42. The monoisotopic (exact) mass is 259 g/mol. The molecule has 1 amide bonds. The van der Waals surface area contributed by atoms with Gasteiger partial charge in [-0.1, -0.05) is 12.1 Å². The second-order valence-electron chi connectivity index (χ2n) is 3.83. The number of carbonyl (C=O) groups is 1. The Morgan fingerprint density at radius 3 is 2.50 bits per heavy atom. The van der Waals surface area contributed by atoms with Crippen LogP contribution < -0.4 is 5.32 Å². The van der Waals surface area contributed by atoms with Crippen LogP contribution in [0.25, 0.3) is 0 Å². The number of aliphatic hydroxyl groups excluding tert-OH is 1. The van der Waals surface area contributed by atoms with E-state index in [0.717, 1.165) is 5.56 Å². The van der Waals surface area contributed by atoms with Gasteiger partial charge in [-0.3, -0.25) is 4.79 Å². The highest BCUT2D eigenvalue weighted by atomic mass is 19.3. The van der Waals surface area contributed by atoms with E-state index in [-0.39, 0.29) is 5.56 Å². The summed E-state index contributed by atoms with van der Waals surface area (Å²) >= 11 is 0. The van der Waals surface area contributed by atoms with Crippen LogP contribution in [-0.4, -0.2) is 37.2 Å². The molecule has 0 aliphatic rings. The Morgan fingerprint density at radius 2 is 2.00 bits per heavy atom. The summed E-state index contributed by atoms with van der Waals surface area (Å²) in [5.41, 5.74) is 1.17. The fourth-order valence-electron chi connectivity index (χ4n) is 1.29. The Morgan fingerprint density at radius 1 is 1.39 bits per heavy atom. The molecular formula is C12H15F2NO3. The predicted molar refractivity (Wildman–Crippen MR) is 61.5 cm³/mol. The summed E-state index contributed by atoms with van der Waals surface area (Å²) in [5, 5.41) is 10.4. The lowest BCUT2D eigenvalue weighted by atomic mass is 10.1. The standard InChI is InChI=1S/C12H15F2NO3/c1-18-6-9-2-4-10(5-3-9)11(17)15-7-12(13,14)8-16/h2-5,16H,6-8H2,1H3,(H,15,17). The van der Waals surface area contributed by atoms with Crippen molar-refractivity contribution in [2.45, 2.75) is 12.5 Å². The average Bonchev–Trinajstić information content (AvgIpc) is 2.37. The molecule has 6 heteroatoms. The molecule has 0 fully saturated rings. The van der Waals surface area contributed by atoms with Crippen molar-refractivity contribution in [3.63, 3.8) is 0 Å². The molecule has 0 atom stereocenters. The minimum absolute atomic E-state index is 0.281. The summed E-state index contributed by atoms with van der Waals surface area (Å²) in [4.78, 5) is 11.5. The Hall–Kier alpha value is -1.53. The Kier molecular flexibility index (Phi) is 5.18. The maximum atomic E-state index is 12.7. The van der Waals surface area contributed by atoms with Crippen molar-refractivity contribution >= 4 is 5.91 Å². The van der Waals surface area contributed by atoms with Gasteiger partial charge in [0, 0.05) is 12.7 Å². The van der Waals surface area contributed by atoms with Crippen molar-refractivity contribution in [3.8, 4) is 0 Å². The molecule has 2 N–H and O–H groups in total. The molecule has 4 nitrogen and oxygen atoms in total. The first-order valence-electron chi connectivity index (χ1n) is 5.33. The molecule has 1 aromatic carbocycles. The molecular weight excluding hydrogens is 244 g/mol. The predicted octanol–water partition coefficient (Wildman–Crippen LogP) is 1.19. The van der Waals surface area contributed by atoms with Crippen LogP contribution in [0.4, 0.5) is 8.78 Å². The van der Waals surface area contributed by atoms with Crippen LogP contribution in [0.3, 0.4) is 0 Å². The quantitative estimate of drug-likeness (QED) is 0.806. The molecule has 0 aliphatic heterocycles. The van der Waals surface area contributed by atoms with E-state index in [9.17, 15) is 13.6 Å². The molecule has 100 valence electrons. The summed E-state index contributed by atoms with van der Waals surface area (Å²) in [6.07, 6.45) is 0. The largest absolute Gasteiger partial charge is 0.390 e. The minimum atomic E-state index is -3.30. The van der Waals surface area contributed by atoms with Gasteiger partial charge < -0.3 is 15.2 Å². The van der Waals surface area contributed by atoms with Crippen molar-refractivity contribution in [1.29, 1.82) is 0 Å². The van der Waals surface area contributed by atoms with Crippen molar-refractivity contribution in [1.82, 2.24) is 5.32 Å². The van der Waals surface area contributed by atoms with E-state index in [1.165, 1.54) is 12.1 Å². The second-order valence-corrected chi connectivity index (χ2v) is 3.83. The van der Waals surface area contributed by atoms with Gasteiger partial charge in [-0.15, -0.1) is 0 Å². The third-order valence-electron chi connectivity index (χ3n) is 2.27. The van der Waals surface area contributed by atoms with Crippen LogP contribution in [-0.2, 0) is 11.3 Å². The van der Waals surface area contributed by atoms with Crippen LogP contribution in [0.2, 0.25) is 0 Å². The van der Waals surface area contributed by atoms with E-state index in [0.29, 0.717) is 6.61 Å². The summed E-state index contributed by atoms with van der Waals surface area (Å²) in [7, 11) is 1.55. The van der Waals surface area contributed by atoms with Gasteiger partial charge in [-0.25, -0.2) is 8.78 Å². The number of alkyl halides is 2. The average molecular weight is 259 g/mol. The van der Waals surface area contributed by atoms with Crippen molar-refractivity contribution in [2.75, 3.05) is 20.3 Å². The Bertz CT molecular complexity index is 393. The van der Waals surface area contributed by atoms with Gasteiger partial charge in [0.2, 0.25) is 0 Å². The number of methoxy groups -OCH3 is 1. The number of carbonyl (C=O) groups excluding carboxylic acids is 1. The topological polar surface area (TPSA) is 58.6 Å². The van der Waals surface area contributed by atoms with Gasteiger partial charge in [0.1, 0.15) is 6.61 Å². The van der Waals surface area contributed by atoms with E-state index in [1.807, 2.05) is 0 Å².